The molecule has 8 heteroatoms. The predicted octanol–water partition coefficient (Wildman–Crippen LogP) is 0.891. The minimum absolute atomic E-state index is 0.0533. The number of hydrogen-bond acceptors (Lipinski definition) is 4. The molecule has 0 spiro atoms. The number of alkyl halides is 1. The lowest BCUT2D eigenvalue weighted by atomic mass is 10.0. The first-order valence-corrected chi connectivity index (χ1v) is 9.83. The summed E-state index contributed by atoms with van der Waals surface area (Å²) in [4.78, 5) is 0. The van der Waals surface area contributed by atoms with Crippen molar-refractivity contribution in [1.29, 1.82) is 0 Å². The van der Waals surface area contributed by atoms with Crippen LogP contribution in [-0.4, -0.2) is 45.0 Å². The van der Waals surface area contributed by atoms with Crippen LogP contribution in [0.4, 0.5) is 0 Å². The summed E-state index contributed by atoms with van der Waals surface area (Å²) in [6, 6.07) is 0. The van der Waals surface area contributed by atoms with Gasteiger partial charge in [0.15, 0.2) is 0 Å². The number of rotatable bonds is 5. The molecule has 1 heterocycles. The molecule has 1 fully saturated rings. The van der Waals surface area contributed by atoms with Gasteiger partial charge >= 0.3 is 0 Å². The Bertz CT molecular complexity index is 468. The zero-order chi connectivity index (χ0) is 14.0. The van der Waals surface area contributed by atoms with Gasteiger partial charge in [0.2, 0.25) is 10.0 Å². The highest BCUT2D eigenvalue weighted by atomic mass is 35.5. The minimum Gasteiger partial charge on any atom is -0.229 e. The van der Waals surface area contributed by atoms with Crippen molar-refractivity contribution in [3.8, 4) is 0 Å². The maximum atomic E-state index is 12.2. The second-order valence-corrected chi connectivity index (χ2v) is 9.58. The SMILES string of the molecule is CCC(C)(CCl)NS(=O)(=O)C1CCS(=O)(=O)CC1. The van der Waals surface area contributed by atoms with Crippen molar-refractivity contribution in [3.63, 3.8) is 0 Å². The molecule has 0 amide bonds. The largest absolute Gasteiger partial charge is 0.229 e. The molecule has 108 valence electrons. The van der Waals surface area contributed by atoms with Gasteiger partial charge in [0.05, 0.1) is 16.8 Å². The first kappa shape index (κ1) is 16.2. The fourth-order valence-electron chi connectivity index (χ4n) is 1.80. The predicted molar refractivity (Wildman–Crippen MR) is 73.1 cm³/mol. The zero-order valence-corrected chi connectivity index (χ0v) is 13.0. The average Bonchev–Trinajstić information content (AvgIpc) is 2.27. The van der Waals surface area contributed by atoms with Gasteiger partial charge in [0.1, 0.15) is 9.84 Å². The van der Waals surface area contributed by atoms with Gasteiger partial charge in [-0.3, -0.25) is 0 Å². The van der Waals surface area contributed by atoms with Gasteiger partial charge in [0, 0.05) is 11.4 Å². The Morgan fingerprint density at radius 1 is 1.33 bits per heavy atom. The number of halogens is 1. The van der Waals surface area contributed by atoms with Crippen molar-refractivity contribution in [2.75, 3.05) is 17.4 Å². The smallest absolute Gasteiger partial charge is 0.215 e. The van der Waals surface area contributed by atoms with Crippen molar-refractivity contribution in [1.82, 2.24) is 4.72 Å². The van der Waals surface area contributed by atoms with Gasteiger partial charge in [-0.15, -0.1) is 11.6 Å². The summed E-state index contributed by atoms with van der Waals surface area (Å²) in [6.07, 6.45) is 0.917. The number of sulfone groups is 1. The van der Waals surface area contributed by atoms with Crippen LogP contribution in [0.2, 0.25) is 0 Å². The van der Waals surface area contributed by atoms with E-state index in [1.807, 2.05) is 6.92 Å². The molecule has 1 atom stereocenters. The van der Waals surface area contributed by atoms with Gasteiger partial charge in [-0.05, 0) is 26.2 Å². The van der Waals surface area contributed by atoms with Gasteiger partial charge in [-0.2, -0.15) is 0 Å². The monoisotopic (exact) mass is 317 g/mol. The third-order valence-electron chi connectivity index (χ3n) is 3.40. The summed E-state index contributed by atoms with van der Waals surface area (Å²) in [5.41, 5.74) is -0.670. The highest BCUT2D eigenvalue weighted by Gasteiger charge is 2.36. The standard InChI is InChI=1S/C10H20ClNO4S2/c1-3-10(2,8-11)12-18(15,16)9-4-6-17(13,14)7-5-9/h9,12H,3-8H2,1-2H3. The van der Waals surface area contributed by atoms with Crippen LogP contribution >= 0.6 is 11.6 Å². The van der Waals surface area contributed by atoms with Gasteiger partial charge < -0.3 is 0 Å². The lowest BCUT2D eigenvalue weighted by molar-refractivity contribution is 0.437. The third-order valence-corrected chi connectivity index (χ3v) is 7.84. The molecule has 1 N–H and O–H groups in total. The van der Waals surface area contributed by atoms with E-state index in [-0.39, 0.29) is 30.2 Å². The Hall–Kier alpha value is 0.150. The summed E-state index contributed by atoms with van der Waals surface area (Å²) in [7, 11) is -6.56. The first-order chi connectivity index (χ1) is 8.14. The quantitative estimate of drug-likeness (QED) is 0.764. The van der Waals surface area contributed by atoms with Crippen LogP contribution in [0.5, 0.6) is 0 Å². The molecule has 0 aliphatic carbocycles. The van der Waals surface area contributed by atoms with Crippen LogP contribution in [0.15, 0.2) is 0 Å². The molecular formula is C10H20ClNO4S2. The van der Waals surface area contributed by atoms with E-state index in [9.17, 15) is 16.8 Å². The molecule has 1 aliphatic heterocycles. The van der Waals surface area contributed by atoms with Crippen LogP contribution < -0.4 is 4.72 Å². The van der Waals surface area contributed by atoms with E-state index >= 15 is 0 Å². The molecular weight excluding hydrogens is 298 g/mol. The van der Waals surface area contributed by atoms with E-state index in [0.717, 1.165) is 0 Å². The highest BCUT2D eigenvalue weighted by Crippen LogP contribution is 2.22. The van der Waals surface area contributed by atoms with E-state index in [1.54, 1.807) is 6.92 Å². The lowest BCUT2D eigenvalue weighted by Crippen LogP contribution is -2.51. The topological polar surface area (TPSA) is 80.3 Å². The average molecular weight is 318 g/mol. The van der Waals surface area contributed by atoms with Crippen molar-refractivity contribution in [3.05, 3.63) is 0 Å². The first-order valence-electron chi connectivity index (χ1n) is 5.93. The Balaban J connectivity index is 2.77. The van der Waals surface area contributed by atoms with Gasteiger partial charge in [-0.1, -0.05) is 6.92 Å². The van der Waals surface area contributed by atoms with Crippen molar-refractivity contribution >= 4 is 31.5 Å². The minimum atomic E-state index is -3.51. The van der Waals surface area contributed by atoms with Crippen molar-refractivity contribution in [2.24, 2.45) is 0 Å². The zero-order valence-electron chi connectivity index (χ0n) is 10.6. The molecule has 1 unspecified atom stereocenters. The molecule has 0 aromatic carbocycles. The molecule has 0 bridgehead atoms. The summed E-state index contributed by atoms with van der Waals surface area (Å²) >= 11 is 5.78. The molecule has 1 saturated heterocycles. The molecule has 1 rings (SSSR count). The molecule has 0 radical (unpaired) electrons. The Morgan fingerprint density at radius 3 is 2.22 bits per heavy atom. The Kier molecular flexibility index (Phi) is 5.08. The van der Waals surface area contributed by atoms with Crippen LogP contribution in [0.3, 0.4) is 0 Å². The maximum absolute atomic E-state index is 12.2. The third kappa shape index (κ3) is 4.08. The second kappa shape index (κ2) is 5.64. The summed E-state index contributed by atoms with van der Waals surface area (Å²) in [6.45, 7) is 3.60. The fourth-order valence-corrected chi connectivity index (χ4v) is 5.85. The molecule has 1 aliphatic rings. The number of nitrogens with one attached hydrogen (secondary N) is 1. The molecule has 0 aromatic heterocycles. The van der Waals surface area contributed by atoms with E-state index in [4.69, 9.17) is 11.6 Å². The van der Waals surface area contributed by atoms with Crippen LogP contribution in [0.25, 0.3) is 0 Å². The van der Waals surface area contributed by atoms with E-state index < -0.39 is 30.6 Å². The molecule has 18 heavy (non-hydrogen) atoms. The van der Waals surface area contributed by atoms with E-state index in [0.29, 0.717) is 6.42 Å². The summed E-state index contributed by atoms with van der Waals surface area (Å²) in [5.74, 6) is 0.0817. The normalized spacial score (nSPS) is 24.6. The highest BCUT2D eigenvalue weighted by molar-refractivity contribution is 7.92. The van der Waals surface area contributed by atoms with Gasteiger partial charge in [0.25, 0.3) is 0 Å². The van der Waals surface area contributed by atoms with E-state index in [2.05, 4.69) is 4.72 Å². The Labute approximate surface area is 114 Å². The maximum Gasteiger partial charge on any atom is 0.215 e. The fraction of sp³-hybridized carbons (Fsp3) is 1.00. The van der Waals surface area contributed by atoms with Crippen LogP contribution in [-0.2, 0) is 19.9 Å². The summed E-state index contributed by atoms with van der Waals surface area (Å²) < 4.78 is 49.5. The summed E-state index contributed by atoms with van der Waals surface area (Å²) in [5, 5.41) is -0.630. The lowest BCUT2D eigenvalue weighted by Gasteiger charge is -2.30. The molecule has 0 saturated carbocycles. The molecule has 5 nitrogen and oxygen atoms in total. The van der Waals surface area contributed by atoms with Crippen molar-refractivity contribution < 1.29 is 16.8 Å². The molecule has 0 aromatic rings. The number of sulfonamides is 1. The number of hydrogen-bond donors (Lipinski definition) is 1. The Morgan fingerprint density at radius 2 is 1.83 bits per heavy atom. The van der Waals surface area contributed by atoms with Crippen LogP contribution in [0, 0.1) is 0 Å². The van der Waals surface area contributed by atoms with E-state index in [1.165, 1.54) is 0 Å². The van der Waals surface area contributed by atoms with Crippen LogP contribution in [0.1, 0.15) is 33.1 Å². The second-order valence-electron chi connectivity index (χ2n) is 5.05. The van der Waals surface area contributed by atoms with Crippen molar-refractivity contribution in [2.45, 2.75) is 43.9 Å². The van der Waals surface area contributed by atoms with Gasteiger partial charge in [-0.25, -0.2) is 21.6 Å².